The number of unbranched alkanes of at least 4 members (excludes halogenated alkanes) is 25. The van der Waals surface area contributed by atoms with Gasteiger partial charge in [-0.25, -0.2) is 4.57 Å². The summed E-state index contributed by atoms with van der Waals surface area (Å²) in [6.45, 7) is 4.47. The maximum absolute atomic E-state index is 12.9. The number of ether oxygens (including phenoxy) is 3. The predicted octanol–water partition coefficient (Wildman–Crippen LogP) is 18.3. The van der Waals surface area contributed by atoms with E-state index in [2.05, 4.69) is 106 Å². The monoisotopic (exact) mass is 1090 g/mol. The van der Waals surface area contributed by atoms with E-state index in [4.69, 9.17) is 23.3 Å². The van der Waals surface area contributed by atoms with Gasteiger partial charge in [-0.15, -0.1) is 0 Å². The van der Waals surface area contributed by atoms with E-state index in [-0.39, 0.29) is 25.9 Å². The molecule has 0 spiro atoms. The number of phosphoric acid groups is 1. The van der Waals surface area contributed by atoms with Crippen molar-refractivity contribution in [3.05, 3.63) is 85.1 Å². The van der Waals surface area contributed by atoms with Crippen molar-refractivity contribution in [2.45, 2.75) is 277 Å². The summed E-state index contributed by atoms with van der Waals surface area (Å²) in [5, 5.41) is 9.83. The molecule has 0 aliphatic carbocycles. The average Bonchev–Trinajstić information content (AvgIpc) is 3.41. The molecule has 0 aromatic heterocycles. The number of hydrogen-bond donors (Lipinski definition) is 2. The van der Waals surface area contributed by atoms with E-state index in [9.17, 15) is 28.9 Å². The van der Waals surface area contributed by atoms with Crippen LogP contribution in [-0.4, -0.2) is 66.5 Å². The summed E-state index contributed by atoms with van der Waals surface area (Å²) < 4.78 is 39.6. The minimum Gasteiger partial charge on any atom is -0.462 e. The van der Waals surface area contributed by atoms with Gasteiger partial charge in [-0.05, 0) is 116 Å². The number of carbonyl (C=O) groups is 3. The summed E-state index contributed by atoms with van der Waals surface area (Å²) in [5.41, 5.74) is 0. The highest BCUT2D eigenvalue weighted by atomic mass is 31.2. The second-order valence-electron chi connectivity index (χ2n) is 20.1. The van der Waals surface area contributed by atoms with Crippen LogP contribution in [0.3, 0.4) is 0 Å². The molecule has 3 atom stereocenters. The van der Waals surface area contributed by atoms with Gasteiger partial charge in [0.1, 0.15) is 12.7 Å². The molecule has 0 heterocycles. The first kappa shape index (κ1) is 72.7. The minimum atomic E-state index is -4.76. The van der Waals surface area contributed by atoms with Gasteiger partial charge in [-0.2, -0.15) is 0 Å². The van der Waals surface area contributed by atoms with Crippen molar-refractivity contribution in [2.75, 3.05) is 26.4 Å². The van der Waals surface area contributed by atoms with Crippen molar-refractivity contribution in [1.29, 1.82) is 0 Å². The minimum absolute atomic E-state index is 0.148. The highest BCUT2D eigenvalue weighted by Crippen LogP contribution is 2.43. The lowest BCUT2D eigenvalue weighted by molar-refractivity contribution is -0.161. The Labute approximate surface area is 464 Å². The molecule has 76 heavy (non-hydrogen) atoms. The van der Waals surface area contributed by atoms with Gasteiger partial charge in [0.2, 0.25) is 0 Å². The SMILES string of the molecule is CC/C=C\C/C=C\C/C=C\CCCCCCCCCC(=O)OC(CO)COP(=O)(O)OCC(COC(=O)CCCCCCC/C=C\CCCCCC)OC(=O)CCCCCCCC/C=C\C/C=C\C/C=C\CCCCC. The fourth-order valence-corrected chi connectivity index (χ4v) is 8.92. The molecule has 0 rings (SSSR count). The highest BCUT2D eigenvalue weighted by molar-refractivity contribution is 7.47. The summed E-state index contributed by atoms with van der Waals surface area (Å²) in [4.78, 5) is 48.6. The van der Waals surface area contributed by atoms with Gasteiger partial charge in [0.25, 0.3) is 0 Å². The van der Waals surface area contributed by atoms with Crippen LogP contribution in [0, 0.1) is 0 Å². The number of carbonyl (C=O) groups excluding carboxylic acids is 3. The van der Waals surface area contributed by atoms with Crippen molar-refractivity contribution >= 4 is 25.7 Å². The van der Waals surface area contributed by atoms with Gasteiger partial charge in [-0.1, -0.05) is 215 Å². The molecule has 0 aliphatic heterocycles. The number of allylic oxidation sites excluding steroid dienone is 14. The van der Waals surface area contributed by atoms with E-state index in [0.29, 0.717) is 19.3 Å². The van der Waals surface area contributed by atoms with E-state index < -0.39 is 57.8 Å². The molecular formula is C64H111O11P. The van der Waals surface area contributed by atoms with Gasteiger partial charge in [0.05, 0.1) is 19.8 Å². The van der Waals surface area contributed by atoms with Gasteiger partial charge in [0, 0.05) is 19.3 Å². The molecule has 0 aromatic carbocycles. The number of rotatable bonds is 56. The molecule has 438 valence electrons. The third kappa shape index (κ3) is 55.4. The average molecular weight is 1090 g/mol. The lowest BCUT2D eigenvalue weighted by Crippen LogP contribution is -2.30. The van der Waals surface area contributed by atoms with Crippen molar-refractivity contribution in [3.8, 4) is 0 Å². The number of phosphoric ester groups is 1. The zero-order valence-electron chi connectivity index (χ0n) is 48.5. The second kappa shape index (κ2) is 57.8. The van der Waals surface area contributed by atoms with Gasteiger partial charge >= 0.3 is 25.7 Å². The van der Waals surface area contributed by atoms with E-state index in [1.165, 1.54) is 64.2 Å². The van der Waals surface area contributed by atoms with Crippen LogP contribution in [0.2, 0.25) is 0 Å². The second-order valence-corrected chi connectivity index (χ2v) is 21.6. The molecule has 2 N–H and O–H groups in total. The van der Waals surface area contributed by atoms with Crippen LogP contribution in [0.1, 0.15) is 265 Å². The van der Waals surface area contributed by atoms with Gasteiger partial charge in [0.15, 0.2) is 6.10 Å². The lowest BCUT2D eigenvalue weighted by Gasteiger charge is -2.21. The Morgan fingerprint density at radius 2 is 0.684 bits per heavy atom. The third-order valence-electron chi connectivity index (χ3n) is 12.8. The molecule has 12 heteroatoms. The molecule has 0 aromatic rings. The molecular weight excluding hydrogens is 976 g/mol. The van der Waals surface area contributed by atoms with Crippen LogP contribution in [0.5, 0.6) is 0 Å². The topological polar surface area (TPSA) is 155 Å². The van der Waals surface area contributed by atoms with Gasteiger partial charge in [-0.3, -0.25) is 23.4 Å². The van der Waals surface area contributed by atoms with Gasteiger partial charge < -0.3 is 24.2 Å². The maximum Gasteiger partial charge on any atom is 0.472 e. The first-order chi connectivity index (χ1) is 37.2. The van der Waals surface area contributed by atoms with E-state index >= 15 is 0 Å². The molecule has 11 nitrogen and oxygen atoms in total. The summed E-state index contributed by atoms with van der Waals surface area (Å²) in [7, 11) is -4.76. The first-order valence-electron chi connectivity index (χ1n) is 30.5. The van der Waals surface area contributed by atoms with Crippen LogP contribution in [0.15, 0.2) is 85.1 Å². The molecule has 3 unspecified atom stereocenters. The normalized spacial score (nSPS) is 13.9. The Balaban J connectivity index is 4.72. The molecule has 0 saturated heterocycles. The maximum atomic E-state index is 12.9. The molecule has 0 saturated carbocycles. The van der Waals surface area contributed by atoms with Crippen molar-refractivity contribution in [2.24, 2.45) is 0 Å². The third-order valence-corrected chi connectivity index (χ3v) is 13.7. The Bertz CT molecular complexity index is 1600. The van der Waals surface area contributed by atoms with E-state index in [1.54, 1.807) is 0 Å². The standard InChI is InChI=1S/C64H111O11P/c1-4-7-10-13-16-19-22-25-27-29-30-32-34-37-40-43-46-49-52-55-64(68)75-61(57-71-62(66)53-50-47-44-41-38-35-24-21-18-15-12-9-6-3)59-73-76(69,70)72-58-60(56-65)74-63(67)54-51-48-45-42-39-36-33-31-28-26-23-20-17-14-11-8-5-2/h8,11,16-17,19-21,24-28,30,32,60-61,65H,4-7,9-10,12-15,18,22-23,29,31,33-59H2,1-3H3,(H,69,70)/b11-8-,19-16-,20-17-,24-21-,27-25-,28-26-,32-30-. The van der Waals surface area contributed by atoms with Crippen LogP contribution in [0.4, 0.5) is 0 Å². The number of aliphatic hydroxyl groups excluding tert-OH is 1. The lowest BCUT2D eigenvalue weighted by atomic mass is 10.1. The molecule has 0 aliphatic rings. The first-order valence-corrected chi connectivity index (χ1v) is 32.0. The van der Waals surface area contributed by atoms with E-state index in [0.717, 1.165) is 141 Å². The molecule has 0 radical (unpaired) electrons. The van der Waals surface area contributed by atoms with Crippen molar-refractivity contribution < 1.29 is 52.2 Å². The Morgan fingerprint density at radius 3 is 1.09 bits per heavy atom. The molecule has 0 bridgehead atoms. The smallest absolute Gasteiger partial charge is 0.462 e. The van der Waals surface area contributed by atoms with Crippen LogP contribution < -0.4 is 0 Å². The Morgan fingerprint density at radius 1 is 0.382 bits per heavy atom. The fourth-order valence-electron chi connectivity index (χ4n) is 8.14. The van der Waals surface area contributed by atoms with E-state index in [1.807, 2.05) is 0 Å². The predicted molar refractivity (Wildman–Crippen MR) is 316 cm³/mol. The Kier molecular flexibility index (Phi) is 55.3. The largest absolute Gasteiger partial charge is 0.472 e. The zero-order valence-corrected chi connectivity index (χ0v) is 49.3. The quantitative estimate of drug-likeness (QED) is 0.0197. The summed E-state index contributed by atoms with van der Waals surface area (Å²) in [6, 6.07) is 0. The van der Waals surface area contributed by atoms with Crippen molar-refractivity contribution in [1.82, 2.24) is 0 Å². The Hall–Kier alpha value is -3.34. The van der Waals surface area contributed by atoms with Crippen LogP contribution >= 0.6 is 7.82 Å². The van der Waals surface area contributed by atoms with Crippen molar-refractivity contribution in [3.63, 3.8) is 0 Å². The van der Waals surface area contributed by atoms with Crippen LogP contribution in [-0.2, 0) is 42.2 Å². The molecule has 0 fully saturated rings. The summed E-state index contributed by atoms with van der Waals surface area (Å²) in [6.07, 6.45) is 66.7. The number of esters is 3. The fraction of sp³-hybridized carbons (Fsp3) is 0.734. The summed E-state index contributed by atoms with van der Waals surface area (Å²) in [5.74, 6) is -1.50. The number of hydrogen-bond acceptors (Lipinski definition) is 10. The molecule has 0 amide bonds. The van der Waals surface area contributed by atoms with Crippen LogP contribution in [0.25, 0.3) is 0 Å². The zero-order chi connectivity index (χ0) is 55.5. The number of aliphatic hydroxyl groups is 1. The highest BCUT2D eigenvalue weighted by Gasteiger charge is 2.28. The summed E-state index contributed by atoms with van der Waals surface area (Å²) >= 11 is 0.